The molecule has 44 heavy (non-hydrogen) atoms. The number of amides is 4. The van der Waals surface area contributed by atoms with Gasteiger partial charge in [0.15, 0.2) is 0 Å². The summed E-state index contributed by atoms with van der Waals surface area (Å²) in [5, 5.41) is 10.9. The van der Waals surface area contributed by atoms with Crippen molar-refractivity contribution in [1.29, 1.82) is 0 Å². The molecule has 13 heteroatoms. The number of carbonyl (C=O) groups is 4. The number of urea groups is 1. The van der Waals surface area contributed by atoms with Gasteiger partial charge in [-0.3, -0.25) is 10.1 Å². The van der Waals surface area contributed by atoms with Crippen LogP contribution in [-0.4, -0.2) is 84.2 Å². The third-order valence-corrected chi connectivity index (χ3v) is 6.41. The van der Waals surface area contributed by atoms with E-state index < -0.39 is 46.8 Å². The Morgan fingerprint density at radius 2 is 1.59 bits per heavy atom. The van der Waals surface area contributed by atoms with Gasteiger partial charge in [-0.2, -0.15) is 0 Å². The summed E-state index contributed by atoms with van der Waals surface area (Å²) in [6, 6.07) is 1.23. The van der Waals surface area contributed by atoms with Gasteiger partial charge in [0.1, 0.15) is 28.6 Å². The van der Waals surface area contributed by atoms with Crippen LogP contribution in [0.5, 0.6) is 0 Å². The molecule has 2 heterocycles. The average Bonchev–Trinajstić information content (AvgIpc) is 2.86. The third kappa shape index (κ3) is 13.5. The number of aromatic nitrogens is 1. The Hall–Kier alpha value is -3.45. The van der Waals surface area contributed by atoms with Gasteiger partial charge in [0.2, 0.25) is 5.91 Å². The summed E-state index contributed by atoms with van der Waals surface area (Å²) < 4.78 is 22.3. The zero-order chi connectivity index (χ0) is 33.1. The normalized spacial score (nSPS) is 20.2. The van der Waals surface area contributed by atoms with Gasteiger partial charge in [0, 0.05) is 25.8 Å². The third-order valence-electron chi connectivity index (χ3n) is 6.41. The summed E-state index contributed by atoms with van der Waals surface area (Å²) in [7, 11) is 0. The molecule has 248 valence electrons. The number of hydrogen-bond acceptors (Lipinski definition) is 9. The van der Waals surface area contributed by atoms with E-state index in [1.807, 2.05) is 13.8 Å². The van der Waals surface area contributed by atoms with Gasteiger partial charge >= 0.3 is 18.1 Å². The molecule has 1 fully saturated rings. The fraction of sp³-hybridized carbons (Fsp3) is 0.710. The minimum absolute atomic E-state index is 0.00910. The van der Waals surface area contributed by atoms with Crippen LogP contribution >= 0.6 is 0 Å². The number of esters is 1. The van der Waals surface area contributed by atoms with E-state index in [1.54, 1.807) is 53.7 Å². The number of anilines is 1. The molecule has 2 rings (SSSR count). The van der Waals surface area contributed by atoms with Crippen molar-refractivity contribution < 1.29 is 38.1 Å². The van der Waals surface area contributed by atoms with Crippen molar-refractivity contribution in [3.05, 3.63) is 23.9 Å². The van der Waals surface area contributed by atoms with E-state index in [1.165, 1.54) is 13.1 Å². The molecule has 13 nitrogen and oxygen atoms in total. The molecule has 1 aromatic heterocycles. The zero-order valence-corrected chi connectivity index (χ0v) is 27.6. The molecular formula is C31H51N5O8. The highest BCUT2D eigenvalue weighted by molar-refractivity contribution is 5.91. The summed E-state index contributed by atoms with van der Waals surface area (Å²) in [5.74, 6) is -0.731. The lowest BCUT2D eigenvalue weighted by molar-refractivity contribution is -0.162. The topological polar surface area (TPSA) is 166 Å². The minimum Gasteiger partial charge on any atom is -0.458 e. The number of nitrogens with zero attached hydrogens (tertiary/aromatic N) is 1. The molecule has 1 aliphatic rings. The summed E-state index contributed by atoms with van der Waals surface area (Å²) in [6.07, 6.45) is 2.41. The van der Waals surface area contributed by atoms with Crippen molar-refractivity contribution in [2.75, 3.05) is 31.7 Å². The lowest BCUT2D eigenvalue weighted by Crippen LogP contribution is -2.62. The van der Waals surface area contributed by atoms with Gasteiger partial charge in [-0.25, -0.2) is 19.4 Å². The molecule has 0 aromatic carbocycles. The second-order valence-electron chi connectivity index (χ2n) is 13.6. The van der Waals surface area contributed by atoms with E-state index in [9.17, 15) is 19.2 Å². The van der Waals surface area contributed by atoms with Crippen molar-refractivity contribution in [1.82, 2.24) is 20.9 Å². The van der Waals surface area contributed by atoms with Crippen LogP contribution in [0, 0.1) is 5.92 Å². The van der Waals surface area contributed by atoms with Crippen molar-refractivity contribution in [2.24, 2.45) is 5.92 Å². The number of pyridine rings is 1. The van der Waals surface area contributed by atoms with Crippen molar-refractivity contribution in [3.63, 3.8) is 0 Å². The molecule has 1 aliphatic heterocycles. The maximum atomic E-state index is 13.4. The Kier molecular flexibility index (Phi) is 13.4. The van der Waals surface area contributed by atoms with Gasteiger partial charge in [-0.05, 0) is 78.9 Å². The molecule has 1 unspecified atom stereocenters. The summed E-state index contributed by atoms with van der Waals surface area (Å²) in [6.45, 7) is 17.2. The Morgan fingerprint density at radius 3 is 2.14 bits per heavy atom. The molecule has 0 bridgehead atoms. The molecule has 1 saturated heterocycles. The van der Waals surface area contributed by atoms with E-state index in [4.69, 9.17) is 18.9 Å². The molecule has 1 aromatic rings. The Bertz CT molecular complexity index is 1110. The highest BCUT2D eigenvalue weighted by Crippen LogP contribution is 2.20. The summed E-state index contributed by atoms with van der Waals surface area (Å²) >= 11 is 0. The fourth-order valence-corrected chi connectivity index (χ4v) is 4.11. The van der Waals surface area contributed by atoms with Gasteiger partial charge in [-0.15, -0.1) is 0 Å². The second kappa shape index (κ2) is 16.0. The van der Waals surface area contributed by atoms with Gasteiger partial charge in [-0.1, -0.05) is 19.9 Å². The van der Waals surface area contributed by atoms with Crippen molar-refractivity contribution in [3.8, 4) is 0 Å². The SMILES string of the molecule is CC(C)C1COCCCCOC[C@@H](NC(=O)N[C@@](C)(Cc2ccc(NC(=O)OC(C)(C)C)nc2)C(=O)OC(C)(C)C)C(=O)N1. The van der Waals surface area contributed by atoms with Crippen LogP contribution < -0.4 is 21.3 Å². The number of rotatable bonds is 7. The van der Waals surface area contributed by atoms with Crippen LogP contribution in [0.3, 0.4) is 0 Å². The first-order valence-corrected chi connectivity index (χ1v) is 15.1. The maximum Gasteiger partial charge on any atom is 0.413 e. The molecule has 0 saturated carbocycles. The first-order chi connectivity index (χ1) is 20.4. The second-order valence-corrected chi connectivity index (χ2v) is 13.6. The number of carbonyl (C=O) groups excluding carboxylic acids is 4. The van der Waals surface area contributed by atoms with Crippen LogP contribution in [0.15, 0.2) is 18.3 Å². The van der Waals surface area contributed by atoms with Crippen LogP contribution in [0.4, 0.5) is 15.4 Å². The summed E-state index contributed by atoms with van der Waals surface area (Å²) in [4.78, 5) is 56.3. The quantitative estimate of drug-likeness (QED) is 0.332. The van der Waals surface area contributed by atoms with Crippen LogP contribution in [0.25, 0.3) is 0 Å². The van der Waals surface area contributed by atoms with Crippen LogP contribution in [-0.2, 0) is 35.0 Å². The van der Waals surface area contributed by atoms with Crippen molar-refractivity contribution >= 4 is 29.8 Å². The number of hydrogen-bond donors (Lipinski definition) is 4. The maximum absolute atomic E-state index is 13.4. The van der Waals surface area contributed by atoms with Crippen LogP contribution in [0.1, 0.15) is 80.7 Å². The first kappa shape index (κ1) is 36.7. The summed E-state index contributed by atoms with van der Waals surface area (Å²) in [5.41, 5.74) is -2.46. The predicted molar refractivity (Wildman–Crippen MR) is 165 cm³/mol. The Balaban J connectivity index is 2.21. The molecule has 0 spiro atoms. The lowest BCUT2D eigenvalue weighted by atomic mass is 9.93. The van der Waals surface area contributed by atoms with Crippen LogP contribution in [0.2, 0.25) is 0 Å². The first-order valence-electron chi connectivity index (χ1n) is 15.1. The fourth-order valence-electron chi connectivity index (χ4n) is 4.11. The van der Waals surface area contributed by atoms with E-state index in [0.717, 1.165) is 12.8 Å². The smallest absolute Gasteiger partial charge is 0.413 e. The van der Waals surface area contributed by atoms with E-state index in [-0.39, 0.29) is 30.8 Å². The molecule has 0 radical (unpaired) electrons. The van der Waals surface area contributed by atoms with Gasteiger partial charge in [0.25, 0.3) is 0 Å². The van der Waals surface area contributed by atoms with E-state index in [0.29, 0.717) is 25.4 Å². The van der Waals surface area contributed by atoms with Crippen molar-refractivity contribution in [2.45, 2.75) is 110 Å². The molecule has 4 amide bonds. The molecule has 4 N–H and O–H groups in total. The Morgan fingerprint density at radius 1 is 0.977 bits per heavy atom. The van der Waals surface area contributed by atoms with Gasteiger partial charge in [0.05, 0.1) is 19.3 Å². The number of ether oxygens (including phenoxy) is 4. The van der Waals surface area contributed by atoms with E-state index in [2.05, 4.69) is 26.3 Å². The lowest BCUT2D eigenvalue weighted by Gasteiger charge is -2.33. The highest BCUT2D eigenvalue weighted by atomic mass is 16.6. The number of nitrogens with one attached hydrogen (secondary N) is 4. The largest absolute Gasteiger partial charge is 0.458 e. The molecular weight excluding hydrogens is 570 g/mol. The average molecular weight is 622 g/mol. The Labute approximate surface area is 260 Å². The predicted octanol–water partition coefficient (Wildman–Crippen LogP) is 3.71. The molecule has 0 aliphatic carbocycles. The zero-order valence-electron chi connectivity index (χ0n) is 27.6. The van der Waals surface area contributed by atoms with E-state index >= 15 is 0 Å². The highest BCUT2D eigenvalue weighted by Gasteiger charge is 2.40. The molecule has 3 atom stereocenters. The standard InChI is InChI=1S/C31H51N5O8/c1-20(2)22-18-41-14-10-11-15-42-19-23(25(37)33-22)34-27(39)36-31(9,26(38)43-29(3,4)5)16-21-12-13-24(32-17-21)35-28(40)44-30(6,7)8/h12-13,17,20,22-23H,10-11,14-16,18-19H2,1-9H3,(H,33,37)(H,32,35,40)(H2,34,36,39)/t22?,23-,31+/m1/s1. The monoisotopic (exact) mass is 621 g/mol. The minimum atomic E-state index is -1.55. The van der Waals surface area contributed by atoms with Gasteiger partial charge < -0.3 is 34.9 Å².